The van der Waals surface area contributed by atoms with Gasteiger partial charge in [0, 0.05) is 45.3 Å². The molecule has 0 aromatic heterocycles. The largest absolute Gasteiger partial charge is 0.299 e. The van der Waals surface area contributed by atoms with Crippen molar-refractivity contribution in [2.24, 2.45) is 0 Å². The molecule has 0 spiro atoms. The lowest BCUT2D eigenvalue weighted by Gasteiger charge is -2.36. The van der Waals surface area contributed by atoms with Crippen LogP contribution in [0, 0.1) is 0 Å². The molecular formula is C19H31N3O2S. The maximum atomic E-state index is 12.4. The van der Waals surface area contributed by atoms with E-state index in [1.807, 2.05) is 6.92 Å². The van der Waals surface area contributed by atoms with E-state index in [4.69, 9.17) is 0 Å². The van der Waals surface area contributed by atoms with Crippen molar-refractivity contribution in [2.45, 2.75) is 50.4 Å². The third-order valence-electron chi connectivity index (χ3n) is 5.35. The maximum Gasteiger partial charge on any atom is 0.214 e. The number of hydrogen-bond acceptors (Lipinski definition) is 4. The third kappa shape index (κ3) is 5.51. The molecule has 1 aliphatic heterocycles. The van der Waals surface area contributed by atoms with E-state index < -0.39 is 10.0 Å². The van der Waals surface area contributed by atoms with Crippen molar-refractivity contribution >= 4 is 10.0 Å². The molecule has 2 fully saturated rings. The highest BCUT2D eigenvalue weighted by Gasteiger charge is 2.30. The first kappa shape index (κ1) is 18.8. The second kappa shape index (κ2) is 8.62. The number of rotatable bonds is 7. The molecule has 1 saturated carbocycles. The Bertz CT molecular complexity index is 621. The molecule has 0 bridgehead atoms. The standard InChI is InChI=1S/C19H31N3O2S/c1-17(20-25(23,24)19-9-5-6-10-19)15-21-11-13-22(14-12-21)16-18-7-3-2-4-8-18/h2-4,7-8,17,19-20H,5-6,9-16H2,1H3/t17-/m0/s1. The molecule has 0 amide bonds. The zero-order chi connectivity index (χ0) is 17.7. The predicted molar refractivity (Wildman–Crippen MR) is 102 cm³/mol. The van der Waals surface area contributed by atoms with Gasteiger partial charge in [-0.15, -0.1) is 0 Å². The predicted octanol–water partition coefficient (Wildman–Crippen LogP) is 2.05. The van der Waals surface area contributed by atoms with Crippen LogP contribution in [0.5, 0.6) is 0 Å². The molecule has 3 rings (SSSR count). The van der Waals surface area contributed by atoms with E-state index in [-0.39, 0.29) is 11.3 Å². The number of benzene rings is 1. The molecule has 1 heterocycles. The fraction of sp³-hybridized carbons (Fsp3) is 0.684. The quantitative estimate of drug-likeness (QED) is 0.804. The van der Waals surface area contributed by atoms with Crippen LogP contribution in [-0.2, 0) is 16.6 Å². The first-order valence-corrected chi connectivity index (χ1v) is 11.1. The minimum absolute atomic E-state index is 0.0220. The van der Waals surface area contributed by atoms with Gasteiger partial charge in [-0.05, 0) is 25.3 Å². The van der Waals surface area contributed by atoms with Crippen LogP contribution >= 0.6 is 0 Å². The van der Waals surface area contributed by atoms with Crippen LogP contribution in [0.4, 0.5) is 0 Å². The van der Waals surface area contributed by atoms with E-state index >= 15 is 0 Å². The Morgan fingerprint density at radius 3 is 2.28 bits per heavy atom. The SMILES string of the molecule is C[C@@H](CN1CCN(Cc2ccccc2)CC1)NS(=O)(=O)C1CCCC1. The van der Waals surface area contributed by atoms with Gasteiger partial charge in [0.2, 0.25) is 10.0 Å². The lowest BCUT2D eigenvalue weighted by Crippen LogP contribution is -2.51. The van der Waals surface area contributed by atoms with Crippen LogP contribution in [0.15, 0.2) is 30.3 Å². The second-order valence-corrected chi connectivity index (χ2v) is 9.53. The summed E-state index contributed by atoms with van der Waals surface area (Å²) >= 11 is 0. The molecule has 1 N–H and O–H groups in total. The van der Waals surface area contributed by atoms with Gasteiger partial charge < -0.3 is 0 Å². The average molecular weight is 366 g/mol. The van der Waals surface area contributed by atoms with E-state index in [2.05, 4.69) is 44.9 Å². The summed E-state index contributed by atoms with van der Waals surface area (Å²) in [6.07, 6.45) is 3.73. The van der Waals surface area contributed by atoms with Crippen LogP contribution in [0.3, 0.4) is 0 Å². The van der Waals surface area contributed by atoms with Crippen molar-refractivity contribution in [3.63, 3.8) is 0 Å². The Morgan fingerprint density at radius 1 is 1.04 bits per heavy atom. The summed E-state index contributed by atoms with van der Waals surface area (Å²) in [6, 6.07) is 10.5. The van der Waals surface area contributed by atoms with Crippen molar-refractivity contribution in [3.8, 4) is 0 Å². The van der Waals surface area contributed by atoms with Gasteiger partial charge in [0.15, 0.2) is 0 Å². The minimum Gasteiger partial charge on any atom is -0.299 e. The zero-order valence-corrected chi connectivity index (χ0v) is 16.0. The van der Waals surface area contributed by atoms with Gasteiger partial charge in [-0.25, -0.2) is 13.1 Å². The van der Waals surface area contributed by atoms with E-state index in [1.165, 1.54) is 5.56 Å². The molecule has 1 atom stereocenters. The lowest BCUT2D eigenvalue weighted by molar-refractivity contribution is 0.122. The first-order valence-electron chi connectivity index (χ1n) is 9.53. The minimum atomic E-state index is -3.15. The molecule has 1 aromatic carbocycles. The molecule has 0 radical (unpaired) electrons. The molecule has 1 saturated heterocycles. The average Bonchev–Trinajstić information content (AvgIpc) is 3.13. The molecule has 5 nitrogen and oxygen atoms in total. The highest BCUT2D eigenvalue weighted by atomic mass is 32.2. The Morgan fingerprint density at radius 2 is 1.64 bits per heavy atom. The van der Waals surface area contributed by atoms with Gasteiger partial charge in [0.25, 0.3) is 0 Å². The number of hydrogen-bond donors (Lipinski definition) is 1. The van der Waals surface area contributed by atoms with Gasteiger partial charge in [-0.1, -0.05) is 43.2 Å². The Hall–Kier alpha value is -0.950. The zero-order valence-electron chi connectivity index (χ0n) is 15.2. The van der Waals surface area contributed by atoms with Crippen molar-refractivity contribution in [1.29, 1.82) is 0 Å². The molecule has 6 heteroatoms. The van der Waals surface area contributed by atoms with Crippen molar-refractivity contribution in [1.82, 2.24) is 14.5 Å². The number of sulfonamides is 1. The van der Waals surface area contributed by atoms with Crippen molar-refractivity contribution < 1.29 is 8.42 Å². The van der Waals surface area contributed by atoms with Crippen molar-refractivity contribution in [3.05, 3.63) is 35.9 Å². The van der Waals surface area contributed by atoms with Crippen LogP contribution in [-0.4, -0.2) is 62.2 Å². The smallest absolute Gasteiger partial charge is 0.214 e. The number of nitrogens with zero attached hydrogens (tertiary/aromatic N) is 2. The van der Waals surface area contributed by atoms with E-state index in [0.717, 1.165) is 65.0 Å². The van der Waals surface area contributed by atoms with Gasteiger partial charge in [-0.2, -0.15) is 0 Å². The number of piperazine rings is 1. The summed E-state index contributed by atoms with van der Waals surface area (Å²) in [7, 11) is -3.15. The summed E-state index contributed by atoms with van der Waals surface area (Å²) in [4.78, 5) is 4.85. The van der Waals surface area contributed by atoms with Crippen LogP contribution in [0.1, 0.15) is 38.2 Å². The number of nitrogens with one attached hydrogen (secondary N) is 1. The highest BCUT2D eigenvalue weighted by Crippen LogP contribution is 2.24. The van der Waals surface area contributed by atoms with Gasteiger partial charge in [0.05, 0.1) is 5.25 Å². The second-order valence-electron chi connectivity index (χ2n) is 7.53. The monoisotopic (exact) mass is 365 g/mol. The fourth-order valence-corrected chi connectivity index (χ4v) is 5.75. The van der Waals surface area contributed by atoms with Gasteiger partial charge in [-0.3, -0.25) is 9.80 Å². The normalized spacial score (nSPS) is 22.3. The van der Waals surface area contributed by atoms with Crippen LogP contribution in [0.2, 0.25) is 0 Å². The Kier molecular flexibility index (Phi) is 6.49. The van der Waals surface area contributed by atoms with Crippen LogP contribution in [0.25, 0.3) is 0 Å². The molecule has 140 valence electrons. The van der Waals surface area contributed by atoms with E-state index in [1.54, 1.807) is 0 Å². The summed E-state index contributed by atoms with van der Waals surface area (Å²) in [5.74, 6) is 0. The van der Waals surface area contributed by atoms with Gasteiger partial charge >= 0.3 is 0 Å². The lowest BCUT2D eigenvalue weighted by atomic mass is 10.2. The topological polar surface area (TPSA) is 52.6 Å². The first-order chi connectivity index (χ1) is 12.0. The summed E-state index contributed by atoms with van der Waals surface area (Å²) in [5, 5.41) is -0.169. The highest BCUT2D eigenvalue weighted by molar-refractivity contribution is 7.90. The summed E-state index contributed by atoms with van der Waals surface area (Å²) < 4.78 is 27.7. The van der Waals surface area contributed by atoms with Crippen LogP contribution < -0.4 is 4.72 Å². The van der Waals surface area contributed by atoms with E-state index in [0.29, 0.717) is 0 Å². The van der Waals surface area contributed by atoms with Gasteiger partial charge in [0.1, 0.15) is 0 Å². The summed E-state index contributed by atoms with van der Waals surface area (Å²) in [6.45, 7) is 7.87. The summed E-state index contributed by atoms with van der Waals surface area (Å²) in [5.41, 5.74) is 1.36. The molecule has 1 aromatic rings. The Labute approximate surface area is 152 Å². The van der Waals surface area contributed by atoms with Crippen molar-refractivity contribution in [2.75, 3.05) is 32.7 Å². The molecule has 2 aliphatic rings. The molecule has 0 unspecified atom stereocenters. The fourth-order valence-electron chi connectivity index (χ4n) is 3.97. The van der Waals surface area contributed by atoms with E-state index in [9.17, 15) is 8.42 Å². The Balaban J connectivity index is 1.41. The third-order valence-corrected chi connectivity index (χ3v) is 7.43. The molecular weight excluding hydrogens is 334 g/mol. The molecule has 1 aliphatic carbocycles. The maximum absolute atomic E-state index is 12.4. The molecule has 25 heavy (non-hydrogen) atoms.